The fraction of sp³-hybridized carbons (Fsp3) is 0.250. The van der Waals surface area contributed by atoms with Crippen molar-refractivity contribution in [3.8, 4) is 5.75 Å². The molecule has 0 radical (unpaired) electrons. The minimum absolute atomic E-state index is 0.185. The van der Waals surface area contributed by atoms with Crippen molar-refractivity contribution in [3.05, 3.63) is 69.4 Å². The van der Waals surface area contributed by atoms with Crippen LogP contribution in [0.25, 0.3) is 10.9 Å². The molecule has 27 heavy (non-hydrogen) atoms. The van der Waals surface area contributed by atoms with Crippen molar-refractivity contribution in [1.82, 2.24) is 9.13 Å². The molecule has 140 valence electrons. The van der Waals surface area contributed by atoms with Crippen molar-refractivity contribution < 1.29 is 9.53 Å². The summed E-state index contributed by atoms with van der Waals surface area (Å²) in [5.41, 5.74) is 0.236. The summed E-state index contributed by atoms with van der Waals surface area (Å²) < 4.78 is 7.61. The van der Waals surface area contributed by atoms with E-state index in [4.69, 9.17) is 4.74 Å². The van der Waals surface area contributed by atoms with Crippen LogP contribution in [0.15, 0.2) is 58.1 Å². The highest BCUT2D eigenvalue weighted by molar-refractivity contribution is 5.91. The maximum Gasteiger partial charge on any atom is 0.331 e. The highest BCUT2D eigenvalue weighted by Crippen LogP contribution is 2.15. The van der Waals surface area contributed by atoms with Crippen LogP contribution in [0.2, 0.25) is 0 Å². The lowest BCUT2D eigenvalue weighted by Crippen LogP contribution is -2.41. The fourth-order valence-corrected chi connectivity index (χ4v) is 2.96. The summed E-state index contributed by atoms with van der Waals surface area (Å²) >= 11 is 0. The smallest absolute Gasteiger partial charge is 0.331 e. The predicted molar refractivity (Wildman–Crippen MR) is 104 cm³/mol. The number of nitrogens with zero attached hydrogens (tertiary/aromatic N) is 2. The highest BCUT2D eigenvalue weighted by atomic mass is 16.5. The number of rotatable bonds is 6. The topological polar surface area (TPSA) is 82.3 Å². The zero-order valence-electron chi connectivity index (χ0n) is 15.3. The number of aromatic nitrogens is 2. The molecule has 0 aliphatic rings. The summed E-state index contributed by atoms with van der Waals surface area (Å²) in [4.78, 5) is 37.9. The molecule has 1 amide bonds. The molecule has 0 bridgehead atoms. The third kappa shape index (κ3) is 3.76. The Bertz CT molecular complexity index is 1080. The first-order valence-corrected chi connectivity index (χ1v) is 8.71. The third-order valence-electron chi connectivity index (χ3n) is 4.25. The largest absolute Gasteiger partial charge is 0.497 e. The molecule has 0 saturated heterocycles. The summed E-state index contributed by atoms with van der Waals surface area (Å²) in [5, 5.41) is 3.18. The Kier molecular flexibility index (Phi) is 5.40. The molecule has 2 aromatic carbocycles. The second-order valence-corrected chi connectivity index (χ2v) is 6.12. The molecule has 1 heterocycles. The average molecular weight is 367 g/mol. The van der Waals surface area contributed by atoms with E-state index >= 15 is 0 Å². The summed E-state index contributed by atoms with van der Waals surface area (Å²) in [7, 11) is 1.57. The Morgan fingerprint density at radius 3 is 2.41 bits per heavy atom. The van der Waals surface area contributed by atoms with E-state index in [9.17, 15) is 14.4 Å². The van der Waals surface area contributed by atoms with Gasteiger partial charge < -0.3 is 10.1 Å². The number of hydrogen-bond acceptors (Lipinski definition) is 4. The van der Waals surface area contributed by atoms with Crippen LogP contribution < -0.4 is 21.3 Å². The first kappa shape index (κ1) is 18.4. The van der Waals surface area contributed by atoms with Gasteiger partial charge in [-0.1, -0.05) is 19.1 Å². The minimum atomic E-state index is -0.481. The molecule has 3 rings (SSSR count). The maximum atomic E-state index is 12.8. The molecule has 0 saturated carbocycles. The number of amides is 1. The molecule has 0 aliphatic carbocycles. The van der Waals surface area contributed by atoms with Crippen LogP contribution >= 0.6 is 0 Å². The Morgan fingerprint density at radius 1 is 1.04 bits per heavy atom. The number of para-hydroxylation sites is 1. The van der Waals surface area contributed by atoms with Crippen molar-refractivity contribution in [2.24, 2.45) is 0 Å². The van der Waals surface area contributed by atoms with Gasteiger partial charge in [-0.25, -0.2) is 4.79 Å². The number of fused-ring (bicyclic) bond motifs is 1. The molecule has 0 spiro atoms. The van der Waals surface area contributed by atoms with Gasteiger partial charge in [-0.15, -0.1) is 0 Å². The minimum Gasteiger partial charge on any atom is -0.497 e. The number of hydrogen-bond donors (Lipinski definition) is 1. The van der Waals surface area contributed by atoms with Crippen LogP contribution in [-0.4, -0.2) is 22.2 Å². The van der Waals surface area contributed by atoms with Crippen LogP contribution in [0.4, 0.5) is 5.69 Å². The molecule has 1 aromatic heterocycles. The molecule has 0 unspecified atom stereocenters. The Morgan fingerprint density at radius 2 is 1.74 bits per heavy atom. The number of carbonyl (C=O) groups excluding carboxylic acids is 1. The summed E-state index contributed by atoms with van der Waals surface area (Å²) in [6.45, 7) is 2.01. The molecule has 7 heteroatoms. The molecule has 1 N–H and O–H groups in total. The molecule has 0 fully saturated rings. The van der Waals surface area contributed by atoms with E-state index in [0.29, 0.717) is 35.3 Å². The first-order chi connectivity index (χ1) is 13.0. The van der Waals surface area contributed by atoms with Crippen LogP contribution in [0.5, 0.6) is 5.75 Å². The highest BCUT2D eigenvalue weighted by Gasteiger charge is 2.15. The summed E-state index contributed by atoms with van der Waals surface area (Å²) in [5.74, 6) is 0.330. The van der Waals surface area contributed by atoms with Crippen molar-refractivity contribution in [2.45, 2.75) is 26.4 Å². The van der Waals surface area contributed by atoms with E-state index in [1.165, 1.54) is 9.13 Å². The molecule has 3 aromatic rings. The van der Waals surface area contributed by atoms with Gasteiger partial charge in [0, 0.05) is 12.2 Å². The van der Waals surface area contributed by atoms with E-state index in [0.717, 1.165) is 0 Å². The van der Waals surface area contributed by atoms with Crippen molar-refractivity contribution in [3.63, 3.8) is 0 Å². The Labute approximate surface area is 155 Å². The van der Waals surface area contributed by atoms with Gasteiger partial charge in [0.2, 0.25) is 5.91 Å². The lowest BCUT2D eigenvalue weighted by molar-refractivity contribution is -0.116. The monoisotopic (exact) mass is 367 g/mol. The van der Waals surface area contributed by atoms with Crippen molar-refractivity contribution in [1.29, 1.82) is 0 Å². The maximum absolute atomic E-state index is 12.8. The number of nitrogens with one attached hydrogen (secondary N) is 1. The van der Waals surface area contributed by atoms with Crippen LogP contribution in [0, 0.1) is 0 Å². The quantitative estimate of drug-likeness (QED) is 0.724. The summed E-state index contributed by atoms with van der Waals surface area (Å²) in [6, 6.07) is 13.7. The van der Waals surface area contributed by atoms with Gasteiger partial charge in [0.1, 0.15) is 12.3 Å². The van der Waals surface area contributed by atoms with Crippen LogP contribution in [0.3, 0.4) is 0 Å². The van der Waals surface area contributed by atoms with E-state index in [1.807, 2.05) is 6.92 Å². The van der Waals surface area contributed by atoms with Crippen molar-refractivity contribution in [2.75, 3.05) is 12.4 Å². The second-order valence-electron chi connectivity index (χ2n) is 6.12. The predicted octanol–water partition coefficient (Wildman–Crippen LogP) is 2.22. The zero-order valence-corrected chi connectivity index (χ0v) is 15.3. The molecule has 7 nitrogen and oxygen atoms in total. The standard InChI is InChI=1S/C20H21N3O4/c1-3-12-22-19(25)16-6-4-5-7-17(16)23(20(22)26)13-18(24)21-14-8-10-15(27-2)11-9-14/h4-11H,3,12-13H2,1-2H3,(H,21,24). The van der Waals surface area contributed by atoms with Gasteiger partial charge >= 0.3 is 5.69 Å². The number of methoxy groups -OCH3 is 1. The molecular weight excluding hydrogens is 346 g/mol. The first-order valence-electron chi connectivity index (χ1n) is 8.71. The van der Waals surface area contributed by atoms with Gasteiger partial charge in [0.25, 0.3) is 5.56 Å². The number of ether oxygens (including phenoxy) is 1. The fourth-order valence-electron chi connectivity index (χ4n) is 2.96. The average Bonchev–Trinajstić information content (AvgIpc) is 2.69. The van der Waals surface area contributed by atoms with Crippen LogP contribution in [0.1, 0.15) is 13.3 Å². The van der Waals surface area contributed by atoms with Gasteiger partial charge in [-0.3, -0.25) is 18.7 Å². The molecule has 0 atom stereocenters. The Hall–Kier alpha value is -3.35. The van der Waals surface area contributed by atoms with E-state index in [-0.39, 0.29) is 18.0 Å². The number of benzene rings is 2. The van der Waals surface area contributed by atoms with Gasteiger partial charge in [-0.2, -0.15) is 0 Å². The van der Waals surface area contributed by atoms with Crippen molar-refractivity contribution >= 4 is 22.5 Å². The summed E-state index contributed by atoms with van der Waals surface area (Å²) in [6.07, 6.45) is 0.644. The molecule has 0 aliphatic heterocycles. The van der Waals surface area contributed by atoms with Crippen LogP contribution in [-0.2, 0) is 17.9 Å². The lowest BCUT2D eigenvalue weighted by Gasteiger charge is -2.14. The van der Waals surface area contributed by atoms with Gasteiger partial charge in [-0.05, 0) is 42.8 Å². The zero-order chi connectivity index (χ0) is 19.4. The van der Waals surface area contributed by atoms with E-state index in [1.54, 1.807) is 55.6 Å². The number of anilines is 1. The Balaban J connectivity index is 1.96. The van der Waals surface area contributed by atoms with E-state index < -0.39 is 5.69 Å². The second kappa shape index (κ2) is 7.90. The third-order valence-corrected chi connectivity index (χ3v) is 4.25. The lowest BCUT2D eigenvalue weighted by atomic mass is 10.2. The number of carbonyl (C=O) groups is 1. The normalized spacial score (nSPS) is 10.7. The van der Waals surface area contributed by atoms with Gasteiger partial charge in [0.05, 0.1) is 18.0 Å². The van der Waals surface area contributed by atoms with Gasteiger partial charge in [0.15, 0.2) is 0 Å². The SMILES string of the molecule is CCCn1c(=O)c2ccccc2n(CC(=O)Nc2ccc(OC)cc2)c1=O. The van der Waals surface area contributed by atoms with E-state index in [2.05, 4.69) is 5.32 Å². The molecular formula is C20H21N3O4.